The van der Waals surface area contributed by atoms with Gasteiger partial charge in [-0.1, -0.05) is 6.42 Å². The van der Waals surface area contributed by atoms with Crippen molar-refractivity contribution >= 4 is 28.2 Å². The van der Waals surface area contributed by atoms with E-state index in [2.05, 4.69) is 5.32 Å². The summed E-state index contributed by atoms with van der Waals surface area (Å²) in [5.74, 6) is 1.93. The smallest absolute Gasteiger partial charge is 0.341 e. The van der Waals surface area contributed by atoms with Gasteiger partial charge in [0.2, 0.25) is 5.91 Å². The van der Waals surface area contributed by atoms with Gasteiger partial charge in [-0.25, -0.2) is 4.79 Å². The average molecular weight is 347 g/mol. The summed E-state index contributed by atoms with van der Waals surface area (Å²) in [6.45, 7) is 2.18. The lowest BCUT2D eigenvalue weighted by atomic mass is 9.86. The third kappa shape index (κ3) is 2.87. The highest BCUT2D eigenvalue weighted by Gasteiger charge is 2.40. The van der Waals surface area contributed by atoms with Gasteiger partial charge in [-0.05, 0) is 68.8 Å². The third-order valence-electron chi connectivity index (χ3n) is 5.99. The van der Waals surface area contributed by atoms with Crippen LogP contribution in [0.25, 0.3) is 0 Å². The monoisotopic (exact) mass is 347 g/mol. The van der Waals surface area contributed by atoms with E-state index in [1.807, 2.05) is 6.92 Å². The maximum absolute atomic E-state index is 12.5. The largest absolute Gasteiger partial charge is 0.462 e. The predicted octanol–water partition coefficient (Wildman–Crippen LogP) is 4.18. The number of hydrogen-bond acceptors (Lipinski definition) is 4. The Morgan fingerprint density at radius 1 is 1.25 bits per heavy atom. The molecule has 0 radical (unpaired) electrons. The molecule has 4 rings (SSSR count). The van der Waals surface area contributed by atoms with E-state index in [1.54, 1.807) is 11.3 Å². The Labute approximate surface area is 147 Å². The van der Waals surface area contributed by atoms with Gasteiger partial charge in [0.25, 0.3) is 0 Å². The first kappa shape index (κ1) is 16.1. The van der Waals surface area contributed by atoms with E-state index in [-0.39, 0.29) is 11.9 Å². The third-order valence-corrected chi connectivity index (χ3v) is 7.19. The SMILES string of the molecule is CCOC(=O)c1c(NC(=O)C[C@@H]2C[C@H]3CC[C@@H]2C3)sc2c1CCC2. The molecule has 24 heavy (non-hydrogen) atoms. The quantitative estimate of drug-likeness (QED) is 0.813. The van der Waals surface area contributed by atoms with E-state index in [0.29, 0.717) is 29.5 Å². The van der Waals surface area contributed by atoms with Crippen LogP contribution in [0.4, 0.5) is 5.00 Å². The number of anilines is 1. The van der Waals surface area contributed by atoms with Crippen LogP contribution in [0.1, 0.15) is 66.2 Å². The molecule has 1 aromatic heterocycles. The van der Waals surface area contributed by atoms with Crippen molar-refractivity contribution in [1.82, 2.24) is 0 Å². The van der Waals surface area contributed by atoms with Gasteiger partial charge in [0, 0.05) is 11.3 Å². The Morgan fingerprint density at radius 3 is 2.83 bits per heavy atom. The molecule has 0 spiro atoms. The van der Waals surface area contributed by atoms with Crippen molar-refractivity contribution in [2.75, 3.05) is 11.9 Å². The zero-order valence-corrected chi connectivity index (χ0v) is 15.0. The highest BCUT2D eigenvalue weighted by atomic mass is 32.1. The summed E-state index contributed by atoms with van der Waals surface area (Å²) in [6, 6.07) is 0. The standard InChI is InChI=1S/C19H25NO3S/c1-2-23-19(22)17-14-4-3-5-15(14)24-18(17)20-16(21)10-13-9-11-6-7-12(13)8-11/h11-13H,2-10H2,1H3,(H,20,21)/t11-,12+,13-/m0/s1. The van der Waals surface area contributed by atoms with Gasteiger partial charge in [-0.2, -0.15) is 0 Å². The lowest BCUT2D eigenvalue weighted by Gasteiger charge is -2.20. The first-order valence-electron chi connectivity index (χ1n) is 9.27. The molecule has 130 valence electrons. The number of nitrogens with one attached hydrogen (secondary N) is 1. The van der Waals surface area contributed by atoms with E-state index in [4.69, 9.17) is 4.74 Å². The van der Waals surface area contributed by atoms with Gasteiger partial charge >= 0.3 is 5.97 Å². The Morgan fingerprint density at radius 2 is 2.12 bits per heavy atom. The van der Waals surface area contributed by atoms with Crippen molar-refractivity contribution in [2.45, 2.75) is 58.3 Å². The van der Waals surface area contributed by atoms with Gasteiger partial charge in [0.1, 0.15) is 5.00 Å². The second kappa shape index (κ2) is 6.51. The molecule has 2 bridgehead atoms. The van der Waals surface area contributed by atoms with Crippen molar-refractivity contribution in [3.63, 3.8) is 0 Å². The second-order valence-corrected chi connectivity index (χ2v) is 8.57. The van der Waals surface area contributed by atoms with Gasteiger partial charge in [0.05, 0.1) is 12.2 Å². The normalized spacial score (nSPS) is 27.3. The van der Waals surface area contributed by atoms with Crippen LogP contribution >= 0.6 is 11.3 Å². The molecular formula is C19H25NO3S. The molecule has 0 aliphatic heterocycles. The summed E-state index contributed by atoms with van der Waals surface area (Å²) < 4.78 is 5.22. The van der Waals surface area contributed by atoms with E-state index in [9.17, 15) is 9.59 Å². The number of fused-ring (bicyclic) bond motifs is 3. The van der Waals surface area contributed by atoms with Crippen LogP contribution in [0.15, 0.2) is 0 Å². The predicted molar refractivity (Wildman–Crippen MR) is 94.5 cm³/mol. The van der Waals surface area contributed by atoms with Crippen molar-refractivity contribution in [3.8, 4) is 0 Å². The average Bonchev–Trinajstić information content (AvgIpc) is 3.26. The highest BCUT2D eigenvalue weighted by Crippen LogP contribution is 2.49. The summed E-state index contributed by atoms with van der Waals surface area (Å²) in [7, 11) is 0. The second-order valence-electron chi connectivity index (χ2n) is 7.47. The van der Waals surface area contributed by atoms with Crippen molar-refractivity contribution < 1.29 is 14.3 Å². The Kier molecular flexibility index (Phi) is 4.37. The minimum atomic E-state index is -0.285. The number of aryl methyl sites for hydroxylation is 1. The summed E-state index contributed by atoms with van der Waals surface area (Å²) in [4.78, 5) is 26.1. The van der Waals surface area contributed by atoms with Crippen LogP contribution in [0.5, 0.6) is 0 Å². The molecular weight excluding hydrogens is 322 g/mol. The molecule has 0 saturated heterocycles. The Hall–Kier alpha value is -1.36. The molecule has 1 amide bonds. The zero-order chi connectivity index (χ0) is 16.7. The van der Waals surface area contributed by atoms with Crippen LogP contribution in [-0.2, 0) is 22.4 Å². The zero-order valence-electron chi connectivity index (χ0n) is 14.2. The molecule has 4 nitrogen and oxygen atoms in total. The minimum Gasteiger partial charge on any atom is -0.462 e. The number of hydrogen-bond donors (Lipinski definition) is 1. The highest BCUT2D eigenvalue weighted by molar-refractivity contribution is 7.17. The molecule has 1 heterocycles. The number of thiophene rings is 1. The van der Waals surface area contributed by atoms with Gasteiger partial charge in [-0.3, -0.25) is 4.79 Å². The van der Waals surface area contributed by atoms with Gasteiger partial charge < -0.3 is 10.1 Å². The fourth-order valence-corrected chi connectivity index (χ4v) is 6.25. The summed E-state index contributed by atoms with van der Waals surface area (Å²) >= 11 is 1.57. The number of ether oxygens (including phenoxy) is 1. The van der Waals surface area contributed by atoms with E-state index < -0.39 is 0 Å². The molecule has 0 unspecified atom stereocenters. The summed E-state index contributed by atoms with van der Waals surface area (Å²) in [5, 5.41) is 3.76. The van der Waals surface area contributed by atoms with E-state index >= 15 is 0 Å². The molecule has 3 aliphatic rings. The maximum atomic E-state index is 12.5. The lowest BCUT2D eigenvalue weighted by molar-refractivity contribution is -0.117. The maximum Gasteiger partial charge on any atom is 0.341 e. The van der Waals surface area contributed by atoms with Crippen LogP contribution < -0.4 is 5.32 Å². The number of carbonyl (C=O) groups is 2. The topological polar surface area (TPSA) is 55.4 Å². The molecule has 1 aromatic rings. The Balaban J connectivity index is 1.47. The number of carbonyl (C=O) groups excluding carboxylic acids is 2. The fourth-order valence-electron chi connectivity index (χ4n) is 4.95. The van der Waals surface area contributed by atoms with Crippen molar-refractivity contribution in [2.24, 2.45) is 17.8 Å². The van der Waals surface area contributed by atoms with Crippen LogP contribution in [-0.4, -0.2) is 18.5 Å². The molecule has 2 fully saturated rings. The first-order valence-corrected chi connectivity index (χ1v) is 10.1. The molecule has 3 atom stereocenters. The van der Waals surface area contributed by atoms with Gasteiger partial charge in [-0.15, -0.1) is 11.3 Å². The Bertz CT molecular complexity index is 666. The molecule has 3 aliphatic carbocycles. The number of esters is 1. The minimum absolute atomic E-state index is 0.0676. The van der Waals surface area contributed by atoms with Crippen LogP contribution in [0.3, 0.4) is 0 Å². The van der Waals surface area contributed by atoms with Crippen LogP contribution in [0.2, 0.25) is 0 Å². The van der Waals surface area contributed by atoms with E-state index in [0.717, 1.165) is 36.7 Å². The molecule has 2 saturated carbocycles. The summed E-state index contributed by atoms with van der Waals surface area (Å²) in [6.07, 6.45) is 8.80. The fraction of sp³-hybridized carbons (Fsp3) is 0.684. The van der Waals surface area contributed by atoms with Gasteiger partial charge in [0.15, 0.2) is 0 Å². The van der Waals surface area contributed by atoms with Crippen LogP contribution in [0, 0.1) is 17.8 Å². The van der Waals surface area contributed by atoms with E-state index in [1.165, 1.54) is 30.6 Å². The van der Waals surface area contributed by atoms with Crippen molar-refractivity contribution in [1.29, 1.82) is 0 Å². The molecule has 5 heteroatoms. The number of rotatable bonds is 5. The first-order chi connectivity index (χ1) is 11.7. The molecule has 0 aromatic carbocycles. The number of amides is 1. The summed E-state index contributed by atoms with van der Waals surface area (Å²) in [5.41, 5.74) is 1.73. The molecule has 1 N–H and O–H groups in total. The lowest BCUT2D eigenvalue weighted by Crippen LogP contribution is -2.21. The van der Waals surface area contributed by atoms with Crippen molar-refractivity contribution in [3.05, 3.63) is 16.0 Å².